The number of aryl methyl sites for hydroxylation is 1. The summed E-state index contributed by atoms with van der Waals surface area (Å²) in [7, 11) is 0. The minimum absolute atomic E-state index is 0.427. The molecule has 2 aromatic carbocycles. The van der Waals surface area contributed by atoms with Crippen LogP contribution in [0.25, 0.3) is 10.9 Å². The molecule has 3 heterocycles. The maximum atomic E-state index is 13.3. The molecule has 2 aromatic heterocycles. The van der Waals surface area contributed by atoms with E-state index in [-0.39, 0.29) is 0 Å². The van der Waals surface area contributed by atoms with Crippen LogP contribution in [0.1, 0.15) is 51.8 Å². The number of pyridine rings is 1. The fraction of sp³-hybridized carbons (Fsp3) is 0.214. The molecule has 4 aromatic rings. The van der Waals surface area contributed by atoms with E-state index < -0.39 is 24.5 Å². The molecular formula is C28H22ClN3O4. The van der Waals surface area contributed by atoms with Gasteiger partial charge in [0.05, 0.1) is 23.1 Å². The molecule has 0 spiro atoms. The standard InChI is InChI=1S/C28H22ClN3O4/c29-18-12-10-17(11-13-18)23-15-24(25-9-4-14-35-25)32(31-23)26(33)16-36-28(34)27-19-5-1-2-7-21(19)30-22-8-3-6-20(22)27/h1-2,4-5,7,9-14,24H,3,6,8,15-16H2. The van der Waals surface area contributed by atoms with Crippen LogP contribution < -0.4 is 0 Å². The molecule has 1 amide bonds. The van der Waals surface area contributed by atoms with Crippen LogP contribution in [0.15, 0.2) is 76.4 Å². The topological polar surface area (TPSA) is 85.0 Å². The van der Waals surface area contributed by atoms with E-state index in [4.69, 9.17) is 25.7 Å². The van der Waals surface area contributed by atoms with Gasteiger partial charge < -0.3 is 9.15 Å². The quantitative estimate of drug-likeness (QED) is 0.338. The third kappa shape index (κ3) is 4.05. The van der Waals surface area contributed by atoms with Gasteiger partial charge in [-0.2, -0.15) is 5.10 Å². The average molecular weight is 500 g/mol. The fourth-order valence-electron chi connectivity index (χ4n) is 4.97. The van der Waals surface area contributed by atoms with Crippen LogP contribution >= 0.6 is 11.6 Å². The van der Waals surface area contributed by atoms with Gasteiger partial charge >= 0.3 is 5.97 Å². The third-order valence-electron chi connectivity index (χ3n) is 6.67. The van der Waals surface area contributed by atoms with Crippen molar-refractivity contribution in [2.45, 2.75) is 31.7 Å². The summed E-state index contributed by atoms with van der Waals surface area (Å²) >= 11 is 6.03. The predicted molar refractivity (Wildman–Crippen MR) is 135 cm³/mol. The number of furan rings is 1. The second kappa shape index (κ2) is 9.24. The number of benzene rings is 2. The number of para-hydroxylation sites is 1. The summed E-state index contributed by atoms with van der Waals surface area (Å²) in [6.45, 7) is -0.432. The molecule has 7 nitrogen and oxygen atoms in total. The van der Waals surface area contributed by atoms with Gasteiger partial charge in [0.2, 0.25) is 0 Å². The zero-order valence-corrected chi connectivity index (χ0v) is 20.1. The zero-order valence-electron chi connectivity index (χ0n) is 19.3. The van der Waals surface area contributed by atoms with Crippen LogP contribution in [-0.4, -0.2) is 34.2 Å². The van der Waals surface area contributed by atoms with Crippen LogP contribution in [0.3, 0.4) is 0 Å². The normalized spacial score (nSPS) is 16.8. The molecule has 2 aliphatic rings. The fourth-order valence-corrected chi connectivity index (χ4v) is 5.10. The number of rotatable bonds is 5. The number of hydrazone groups is 1. The zero-order chi connectivity index (χ0) is 24.6. The van der Waals surface area contributed by atoms with Crippen LogP contribution in [-0.2, 0) is 22.4 Å². The van der Waals surface area contributed by atoms with Gasteiger partial charge in [0.15, 0.2) is 6.61 Å². The molecule has 1 aliphatic carbocycles. The molecule has 36 heavy (non-hydrogen) atoms. The van der Waals surface area contributed by atoms with Crippen molar-refractivity contribution in [3.63, 3.8) is 0 Å². The van der Waals surface area contributed by atoms with Crippen molar-refractivity contribution < 1.29 is 18.7 Å². The van der Waals surface area contributed by atoms with Gasteiger partial charge in [0.1, 0.15) is 11.8 Å². The van der Waals surface area contributed by atoms with Crippen molar-refractivity contribution in [3.8, 4) is 0 Å². The molecule has 6 rings (SSSR count). The first-order chi connectivity index (χ1) is 17.6. The number of hydrogen-bond acceptors (Lipinski definition) is 6. The largest absolute Gasteiger partial charge is 0.467 e. The van der Waals surface area contributed by atoms with Crippen molar-refractivity contribution >= 4 is 40.1 Å². The van der Waals surface area contributed by atoms with Crippen LogP contribution in [0.2, 0.25) is 5.02 Å². The lowest BCUT2D eigenvalue weighted by Gasteiger charge is -2.20. The second-order valence-electron chi connectivity index (χ2n) is 8.89. The molecule has 8 heteroatoms. The molecule has 0 N–H and O–H groups in total. The van der Waals surface area contributed by atoms with E-state index >= 15 is 0 Å². The van der Waals surface area contributed by atoms with E-state index in [1.807, 2.05) is 42.5 Å². The van der Waals surface area contributed by atoms with E-state index in [1.165, 1.54) is 5.01 Å². The molecule has 0 radical (unpaired) electrons. The molecule has 0 saturated carbocycles. The third-order valence-corrected chi connectivity index (χ3v) is 6.92. The second-order valence-corrected chi connectivity index (χ2v) is 9.32. The number of amides is 1. The van der Waals surface area contributed by atoms with Crippen molar-refractivity contribution in [1.29, 1.82) is 0 Å². The smallest absolute Gasteiger partial charge is 0.339 e. The van der Waals surface area contributed by atoms with Crippen LogP contribution in [0, 0.1) is 0 Å². The molecule has 0 fully saturated rings. The van der Waals surface area contributed by atoms with Crippen molar-refractivity contribution in [2.24, 2.45) is 5.10 Å². The number of aromatic nitrogens is 1. The van der Waals surface area contributed by atoms with Gasteiger partial charge in [-0.1, -0.05) is 41.9 Å². The number of ether oxygens (including phenoxy) is 1. The molecule has 0 saturated heterocycles. The highest BCUT2D eigenvalue weighted by Gasteiger charge is 2.35. The Morgan fingerprint density at radius 2 is 1.89 bits per heavy atom. The highest BCUT2D eigenvalue weighted by molar-refractivity contribution is 6.30. The maximum absolute atomic E-state index is 13.3. The summed E-state index contributed by atoms with van der Waals surface area (Å²) in [5.41, 5.74) is 4.71. The number of esters is 1. The Kier molecular flexibility index (Phi) is 5.77. The first-order valence-corrected chi connectivity index (χ1v) is 12.2. The lowest BCUT2D eigenvalue weighted by Crippen LogP contribution is -2.31. The molecule has 1 atom stereocenters. The number of carbonyl (C=O) groups is 2. The van der Waals surface area contributed by atoms with Gasteiger partial charge in [0, 0.05) is 22.5 Å². The monoisotopic (exact) mass is 499 g/mol. The number of halogens is 1. The molecule has 0 bridgehead atoms. The summed E-state index contributed by atoms with van der Waals surface area (Å²) < 4.78 is 11.2. The Balaban J connectivity index is 1.26. The average Bonchev–Trinajstić information content (AvgIpc) is 3.66. The Labute approximate surface area is 212 Å². The van der Waals surface area contributed by atoms with Crippen LogP contribution in [0.5, 0.6) is 0 Å². The summed E-state index contributed by atoms with van der Waals surface area (Å²) in [5, 5.41) is 7.30. The van der Waals surface area contributed by atoms with Crippen LogP contribution in [0.4, 0.5) is 0 Å². The van der Waals surface area contributed by atoms with Gasteiger partial charge in [-0.25, -0.2) is 9.80 Å². The summed E-state index contributed by atoms with van der Waals surface area (Å²) in [5.74, 6) is -0.334. The molecule has 180 valence electrons. The molecular weight excluding hydrogens is 478 g/mol. The van der Waals surface area contributed by atoms with Crippen molar-refractivity contribution in [1.82, 2.24) is 9.99 Å². The molecule has 1 unspecified atom stereocenters. The molecule has 1 aliphatic heterocycles. The summed E-state index contributed by atoms with van der Waals surface area (Å²) in [6, 6.07) is 18.0. The lowest BCUT2D eigenvalue weighted by molar-refractivity contribution is -0.136. The van der Waals surface area contributed by atoms with Gasteiger partial charge in [-0.05, 0) is 60.7 Å². The highest BCUT2D eigenvalue weighted by Crippen LogP contribution is 2.34. The first-order valence-electron chi connectivity index (χ1n) is 11.8. The van der Waals surface area contributed by atoms with E-state index in [1.54, 1.807) is 24.5 Å². The maximum Gasteiger partial charge on any atom is 0.339 e. The Bertz CT molecular complexity index is 1500. The lowest BCUT2D eigenvalue weighted by atomic mass is 10.0. The van der Waals surface area contributed by atoms with Gasteiger partial charge in [-0.3, -0.25) is 9.78 Å². The van der Waals surface area contributed by atoms with E-state index in [2.05, 4.69) is 5.10 Å². The summed E-state index contributed by atoms with van der Waals surface area (Å²) in [6.07, 6.45) is 4.58. The van der Waals surface area contributed by atoms with E-state index in [9.17, 15) is 9.59 Å². The Morgan fingerprint density at radius 3 is 2.69 bits per heavy atom. The number of carbonyl (C=O) groups excluding carboxylic acids is 2. The Morgan fingerprint density at radius 1 is 1.06 bits per heavy atom. The van der Waals surface area contributed by atoms with Gasteiger partial charge in [0.25, 0.3) is 5.91 Å². The minimum atomic E-state index is -0.518. The highest BCUT2D eigenvalue weighted by atomic mass is 35.5. The first kappa shape index (κ1) is 22.5. The van der Waals surface area contributed by atoms with Gasteiger partial charge in [-0.15, -0.1) is 0 Å². The number of nitrogens with zero attached hydrogens (tertiary/aromatic N) is 3. The SMILES string of the molecule is O=C(OCC(=O)N1N=C(c2ccc(Cl)cc2)CC1c1ccco1)c1c2c(nc3ccccc13)CCC2. The van der Waals surface area contributed by atoms with E-state index in [0.717, 1.165) is 52.7 Å². The predicted octanol–water partition coefficient (Wildman–Crippen LogP) is 5.50. The number of fused-ring (bicyclic) bond motifs is 2. The van der Waals surface area contributed by atoms with Crippen molar-refractivity contribution in [3.05, 3.63) is 100 Å². The summed E-state index contributed by atoms with van der Waals surface area (Å²) in [4.78, 5) is 31.3. The van der Waals surface area contributed by atoms with E-state index in [0.29, 0.717) is 22.8 Å². The van der Waals surface area contributed by atoms with Crippen molar-refractivity contribution in [2.75, 3.05) is 6.61 Å². The number of hydrogen-bond donors (Lipinski definition) is 0. The minimum Gasteiger partial charge on any atom is -0.467 e. The Hall–Kier alpha value is -3.97.